The average molecular weight is 578 g/mol. The first-order valence-corrected chi connectivity index (χ1v) is 12.4. The van der Waals surface area contributed by atoms with Crippen molar-refractivity contribution in [1.29, 1.82) is 0 Å². The fourth-order valence-corrected chi connectivity index (χ4v) is 4.11. The lowest BCUT2D eigenvalue weighted by Gasteiger charge is -2.28. The van der Waals surface area contributed by atoms with Crippen molar-refractivity contribution >= 4 is 81.4 Å². The van der Waals surface area contributed by atoms with E-state index in [-0.39, 0.29) is 17.4 Å². The van der Waals surface area contributed by atoms with Gasteiger partial charge in [-0.3, -0.25) is 14.9 Å². The number of amides is 3. The van der Waals surface area contributed by atoms with Crippen molar-refractivity contribution in [3.63, 3.8) is 0 Å². The van der Waals surface area contributed by atoms with Gasteiger partial charge in [0.2, 0.25) is 3.79 Å². The summed E-state index contributed by atoms with van der Waals surface area (Å²) in [6.45, 7) is 0.00953. The fraction of sp³-hybridized carbons (Fsp3) is 0.120. The third kappa shape index (κ3) is 6.31. The molecule has 3 amide bonds. The summed E-state index contributed by atoms with van der Waals surface area (Å²) in [5.41, 5.74) is 2.00. The molecule has 12 heteroatoms. The maximum absolute atomic E-state index is 13.0. The highest BCUT2D eigenvalue weighted by Crippen LogP contribution is 2.34. The van der Waals surface area contributed by atoms with Crippen molar-refractivity contribution < 1.29 is 19.1 Å². The number of halogens is 3. The molecule has 0 aliphatic carbocycles. The number of ether oxygens (including phenoxy) is 1. The van der Waals surface area contributed by atoms with Gasteiger partial charge in [0.05, 0.1) is 22.5 Å². The maximum Gasteiger partial charge on any atom is 0.409 e. The van der Waals surface area contributed by atoms with Crippen LogP contribution in [0.25, 0.3) is 0 Å². The quantitative estimate of drug-likeness (QED) is 0.156. The number of nitrogens with zero attached hydrogens (tertiary/aromatic N) is 1. The Bertz CT molecular complexity index is 1320. The number of hydrogen-bond acceptors (Lipinski definition) is 5. The van der Waals surface area contributed by atoms with Gasteiger partial charge in [-0.15, -0.1) is 0 Å². The zero-order valence-corrected chi connectivity index (χ0v) is 22.0. The highest BCUT2D eigenvalue weighted by atomic mass is 35.6. The van der Waals surface area contributed by atoms with E-state index in [9.17, 15) is 14.4 Å². The first kappa shape index (κ1) is 26.7. The highest BCUT2D eigenvalue weighted by molar-refractivity contribution is 7.80. The molecule has 1 atom stereocenters. The Labute approximate surface area is 232 Å². The highest BCUT2D eigenvalue weighted by Gasteiger charge is 2.38. The number of alkyl carbamates (subject to hydrolysis) is 1. The number of rotatable bonds is 6. The number of thiocarbonyl (C=S) groups is 1. The van der Waals surface area contributed by atoms with Gasteiger partial charge in [-0.25, -0.2) is 9.69 Å². The smallest absolute Gasteiger partial charge is 0.409 e. The van der Waals surface area contributed by atoms with Crippen molar-refractivity contribution in [3.05, 3.63) is 95.6 Å². The zero-order chi connectivity index (χ0) is 26.6. The lowest BCUT2D eigenvalue weighted by atomic mass is 10.1. The summed E-state index contributed by atoms with van der Waals surface area (Å²) in [5, 5.41) is 7.98. The molecule has 0 radical (unpaired) electrons. The second-order valence-electron chi connectivity index (χ2n) is 7.79. The Hall–Kier alpha value is -3.37. The van der Waals surface area contributed by atoms with Crippen LogP contribution >= 0.6 is 47.0 Å². The largest absolute Gasteiger partial charge is 0.445 e. The van der Waals surface area contributed by atoms with Gasteiger partial charge >= 0.3 is 6.09 Å². The van der Waals surface area contributed by atoms with Crippen LogP contribution in [0.3, 0.4) is 0 Å². The first-order chi connectivity index (χ1) is 17.6. The molecule has 3 aromatic rings. The van der Waals surface area contributed by atoms with Crippen molar-refractivity contribution in [2.75, 3.05) is 10.2 Å². The van der Waals surface area contributed by atoms with Gasteiger partial charge in [0, 0.05) is 0 Å². The molecule has 0 aromatic heterocycles. The molecule has 190 valence electrons. The number of imide groups is 1. The summed E-state index contributed by atoms with van der Waals surface area (Å²) in [5.74, 6) is -0.925. The van der Waals surface area contributed by atoms with Crippen LogP contribution in [-0.4, -0.2) is 33.0 Å². The third-order valence-electron chi connectivity index (χ3n) is 5.26. The van der Waals surface area contributed by atoms with Gasteiger partial charge in [0.1, 0.15) is 6.61 Å². The van der Waals surface area contributed by atoms with E-state index in [2.05, 4.69) is 16.0 Å². The number of para-hydroxylation sites is 2. The minimum absolute atomic E-state index is 0.00953. The van der Waals surface area contributed by atoms with E-state index in [0.717, 1.165) is 10.5 Å². The number of anilines is 2. The predicted molar refractivity (Wildman–Crippen MR) is 147 cm³/mol. The van der Waals surface area contributed by atoms with Gasteiger partial charge in [0.25, 0.3) is 11.8 Å². The van der Waals surface area contributed by atoms with E-state index < -0.39 is 27.9 Å². The van der Waals surface area contributed by atoms with Gasteiger partial charge in [-0.1, -0.05) is 89.4 Å². The summed E-state index contributed by atoms with van der Waals surface area (Å²) in [6.07, 6.45) is -2.13. The second kappa shape index (κ2) is 11.4. The Balaban J connectivity index is 1.45. The van der Waals surface area contributed by atoms with Gasteiger partial charge < -0.3 is 15.4 Å². The fourth-order valence-electron chi connectivity index (χ4n) is 3.55. The van der Waals surface area contributed by atoms with Crippen LogP contribution in [0.1, 0.15) is 26.3 Å². The van der Waals surface area contributed by atoms with Crippen molar-refractivity contribution in [2.24, 2.45) is 0 Å². The number of benzene rings is 3. The van der Waals surface area contributed by atoms with Crippen molar-refractivity contribution in [2.45, 2.75) is 16.6 Å². The van der Waals surface area contributed by atoms with E-state index in [0.29, 0.717) is 16.8 Å². The number of carbonyl (C=O) groups is 3. The molecule has 4 rings (SSSR count). The Morgan fingerprint density at radius 2 is 1.43 bits per heavy atom. The van der Waals surface area contributed by atoms with Crippen LogP contribution in [-0.2, 0) is 11.3 Å². The van der Waals surface area contributed by atoms with Gasteiger partial charge in [-0.2, -0.15) is 0 Å². The van der Waals surface area contributed by atoms with E-state index in [1.54, 1.807) is 60.7 Å². The molecular weight excluding hydrogens is 559 g/mol. The minimum Gasteiger partial charge on any atom is -0.445 e. The second-order valence-corrected chi connectivity index (χ2v) is 10.6. The normalized spacial score (nSPS) is 13.5. The average Bonchev–Trinajstić information content (AvgIpc) is 3.12. The van der Waals surface area contributed by atoms with Crippen LogP contribution in [0.15, 0.2) is 78.9 Å². The molecule has 1 unspecified atom stereocenters. The molecule has 0 saturated heterocycles. The first-order valence-electron chi connectivity index (χ1n) is 10.8. The van der Waals surface area contributed by atoms with Crippen LogP contribution in [0.5, 0.6) is 0 Å². The Kier molecular flexibility index (Phi) is 8.19. The zero-order valence-electron chi connectivity index (χ0n) is 18.9. The number of alkyl halides is 3. The maximum atomic E-state index is 13.0. The van der Waals surface area contributed by atoms with E-state index in [1.807, 2.05) is 18.2 Å². The molecule has 1 aliphatic heterocycles. The van der Waals surface area contributed by atoms with E-state index >= 15 is 0 Å². The van der Waals surface area contributed by atoms with Crippen LogP contribution in [0, 0.1) is 0 Å². The van der Waals surface area contributed by atoms with E-state index in [1.165, 1.54) is 0 Å². The SMILES string of the molecule is O=C(NC(NC(=S)Nc1ccccc1N1C(=O)c2ccccc2C1=O)C(Cl)(Cl)Cl)OCc1ccccc1. The van der Waals surface area contributed by atoms with Gasteiger partial charge in [-0.05, 0) is 42.0 Å². The van der Waals surface area contributed by atoms with Crippen LogP contribution in [0.4, 0.5) is 16.2 Å². The van der Waals surface area contributed by atoms with E-state index in [4.69, 9.17) is 51.8 Å². The number of hydrogen-bond donors (Lipinski definition) is 3. The Morgan fingerprint density at radius 3 is 2.05 bits per heavy atom. The summed E-state index contributed by atoms with van der Waals surface area (Å²) >= 11 is 23.5. The summed E-state index contributed by atoms with van der Waals surface area (Å²) < 4.78 is 3.17. The standard InChI is InChI=1S/C25H19Cl3N4O4S/c26-25(27,28)22(31-24(35)36-14-15-8-2-1-3-9-15)30-23(37)29-18-12-6-7-13-19(18)32-20(33)16-10-4-5-11-17(16)21(32)34/h1-13,22H,14H2,(H,31,35)(H2,29,30,37). The molecule has 8 nitrogen and oxygen atoms in total. The summed E-state index contributed by atoms with van der Waals surface area (Å²) in [4.78, 5) is 39.3. The molecule has 3 N–H and O–H groups in total. The molecule has 0 fully saturated rings. The molecule has 37 heavy (non-hydrogen) atoms. The van der Waals surface area contributed by atoms with Gasteiger partial charge in [0.15, 0.2) is 11.3 Å². The summed E-state index contributed by atoms with van der Waals surface area (Å²) in [6, 6.07) is 22.2. The topological polar surface area (TPSA) is 99.8 Å². The summed E-state index contributed by atoms with van der Waals surface area (Å²) in [7, 11) is 0. The van der Waals surface area contributed by atoms with Crippen LogP contribution in [0.2, 0.25) is 0 Å². The lowest BCUT2D eigenvalue weighted by molar-refractivity contribution is 0.0926. The molecular formula is C25H19Cl3N4O4S. The molecule has 0 bridgehead atoms. The predicted octanol–water partition coefficient (Wildman–Crippen LogP) is 5.40. The molecule has 0 spiro atoms. The third-order valence-corrected chi connectivity index (χ3v) is 6.14. The van der Waals surface area contributed by atoms with Crippen LogP contribution < -0.4 is 20.9 Å². The number of carbonyl (C=O) groups excluding carboxylic acids is 3. The number of fused-ring (bicyclic) bond motifs is 1. The van der Waals surface area contributed by atoms with Crippen molar-refractivity contribution in [3.8, 4) is 0 Å². The molecule has 3 aromatic carbocycles. The van der Waals surface area contributed by atoms with Crippen molar-refractivity contribution in [1.82, 2.24) is 10.6 Å². The molecule has 1 aliphatic rings. The Morgan fingerprint density at radius 1 is 0.865 bits per heavy atom. The number of nitrogens with one attached hydrogen (secondary N) is 3. The molecule has 0 saturated carbocycles. The lowest BCUT2D eigenvalue weighted by Crippen LogP contribution is -2.56. The minimum atomic E-state index is -2.01. The molecule has 1 heterocycles. The monoisotopic (exact) mass is 576 g/mol.